The van der Waals surface area contributed by atoms with Crippen molar-refractivity contribution in [3.8, 4) is 0 Å². The van der Waals surface area contributed by atoms with Gasteiger partial charge in [-0.2, -0.15) is 0 Å². The second kappa shape index (κ2) is 5.50. The largest absolute Gasteiger partial charge is 0.387 e. The Balaban J connectivity index is 2.17. The van der Waals surface area contributed by atoms with E-state index >= 15 is 0 Å². The number of hydrogen-bond acceptors (Lipinski definition) is 6. The van der Waals surface area contributed by atoms with Crippen molar-refractivity contribution in [1.82, 2.24) is 19.5 Å². The van der Waals surface area contributed by atoms with E-state index in [2.05, 4.69) is 37.5 Å². The molecule has 1 saturated heterocycles. The molecule has 2 aromatic heterocycles. The number of fused-ring (bicyclic) bond motifs is 1. The number of aliphatic hydroxyl groups is 1. The van der Waals surface area contributed by atoms with E-state index in [0.717, 1.165) is 0 Å². The topological polar surface area (TPSA) is 102 Å². The molecule has 3 atom stereocenters. The molecular formula is C14H19IN4O4. The molecule has 3 heterocycles. The summed E-state index contributed by atoms with van der Waals surface area (Å²) >= 11 is 2.13. The van der Waals surface area contributed by atoms with Crippen LogP contribution in [0.25, 0.3) is 11.2 Å². The fourth-order valence-corrected chi connectivity index (χ4v) is 3.96. The van der Waals surface area contributed by atoms with Crippen molar-refractivity contribution in [3.05, 3.63) is 22.5 Å². The van der Waals surface area contributed by atoms with Gasteiger partial charge in [-0.3, -0.25) is 9.36 Å². The first-order valence-corrected chi connectivity index (χ1v) is 8.70. The predicted octanol–water partition coefficient (Wildman–Crippen LogP) is 1.12. The van der Waals surface area contributed by atoms with Crippen molar-refractivity contribution in [2.45, 2.75) is 38.9 Å². The zero-order valence-corrected chi connectivity index (χ0v) is 15.5. The van der Waals surface area contributed by atoms with Crippen LogP contribution in [-0.4, -0.2) is 48.1 Å². The van der Waals surface area contributed by atoms with Gasteiger partial charge < -0.3 is 19.6 Å². The van der Waals surface area contributed by atoms with Gasteiger partial charge in [0.1, 0.15) is 18.2 Å². The molecular weight excluding hydrogens is 415 g/mol. The zero-order chi connectivity index (χ0) is 17.0. The first-order valence-electron chi connectivity index (χ1n) is 7.17. The second-order valence-corrected chi connectivity index (χ2v) is 7.08. The Morgan fingerprint density at radius 2 is 2.26 bits per heavy atom. The van der Waals surface area contributed by atoms with Gasteiger partial charge in [0.05, 0.1) is 10.8 Å². The van der Waals surface area contributed by atoms with Crippen LogP contribution in [0, 0.1) is 12.3 Å². The van der Waals surface area contributed by atoms with E-state index in [-0.39, 0.29) is 11.1 Å². The van der Waals surface area contributed by atoms with E-state index in [9.17, 15) is 9.90 Å². The number of nitrogens with zero attached hydrogens (tertiary/aromatic N) is 3. The third kappa shape index (κ3) is 2.32. The summed E-state index contributed by atoms with van der Waals surface area (Å²) in [6, 6.07) is 0. The highest BCUT2D eigenvalue weighted by atomic mass is 127. The monoisotopic (exact) mass is 434 g/mol. The van der Waals surface area contributed by atoms with Gasteiger partial charge in [-0.05, 0) is 6.92 Å². The molecule has 0 aliphatic carbocycles. The van der Waals surface area contributed by atoms with Gasteiger partial charge in [0.2, 0.25) is 5.79 Å². The van der Waals surface area contributed by atoms with Crippen LogP contribution in [0.4, 0.5) is 0 Å². The number of H-pyrrole nitrogens is 1. The quantitative estimate of drug-likeness (QED) is 0.555. The van der Waals surface area contributed by atoms with Crippen LogP contribution in [0.1, 0.15) is 25.9 Å². The summed E-state index contributed by atoms with van der Waals surface area (Å²) in [5, 5.41) is 10.7. The normalized spacial score (nSPS) is 30.2. The van der Waals surface area contributed by atoms with E-state index in [1.165, 1.54) is 13.4 Å². The Labute approximate surface area is 146 Å². The van der Waals surface area contributed by atoms with Gasteiger partial charge in [0.15, 0.2) is 11.2 Å². The van der Waals surface area contributed by atoms with Crippen molar-refractivity contribution in [3.63, 3.8) is 0 Å². The fraction of sp³-hybridized carbons (Fsp3) is 0.643. The number of ether oxygens (including phenoxy) is 2. The number of rotatable bonds is 3. The Bertz CT molecular complexity index is 796. The van der Waals surface area contributed by atoms with Crippen molar-refractivity contribution >= 4 is 33.8 Å². The lowest BCUT2D eigenvalue weighted by atomic mass is 9.83. The molecule has 3 rings (SSSR count). The lowest BCUT2D eigenvalue weighted by Gasteiger charge is -2.31. The third-order valence-corrected chi connectivity index (χ3v) is 5.47. The molecule has 0 spiro atoms. The molecule has 8 nitrogen and oxygen atoms in total. The standard InChI is InChI=1S/C14H19IN4O4/c1-7-17-9-8(10(20)18-7)16-6-19(9)12-13(2,3)11(21)14(5-15,22-4)23-12/h6,11-12,21H,5H2,1-4H3,(H,17,18,20)/t11-,12+,14?/m0/s1. The summed E-state index contributed by atoms with van der Waals surface area (Å²) in [4.78, 5) is 23.2. The summed E-state index contributed by atoms with van der Waals surface area (Å²) in [5.41, 5.74) is -0.284. The number of imidazole rings is 1. The number of methoxy groups -OCH3 is 1. The van der Waals surface area contributed by atoms with Crippen molar-refractivity contribution in [2.24, 2.45) is 5.41 Å². The van der Waals surface area contributed by atoms with Gasteiger partial charge in [-0.25, -0.2) is 9.97 Å². The molecule has 0 bridgehead atoms. The SMILES string of the molecule is COC1(CI)O[C@@H](n2cnc3c(=O)[nH]c(C)nc32)C(C)(C)[C@@H]1O. The molecule has 1 aliphatic rings. The van der Waals surface area contributed by atoms with Gasteiger partial charge >= 0.3 is 0 Å². The highest BCUT2D eigenvalue weighted by molar-refractivity contribution is 14.1. The maximum atomic E-state index is 12.0. The number of hydrogen-bond donors (Lipinski definition) is 2. The number of aliphatic hydroxyl groups excluding tert-OH is 1. The van der Waals surface area contributed by atoms with Crippen LogP contribution < -0.4 is 5.56 Å². The number of halogens is 1. The molecule has 1 aliphatic heterocycles. The molecule has 9 heteroatoms. The van der Waals surface area contributed by atoms with E-state index in [0.29, 0.717) is 15.9 Å². The van der Waals surface area contributed by atoms with Crippen LogP contribution in [0.15, 0.2) is 11.1 Å². The zero-order valence-electron chi connectivity index (χ0n) is 13.3. The predicted molar refractivity (Wildman–Crippen MR) is 91.4 cm³/mol. The molecule has 0 amide bonds. The second-order valence-electron chi connectivity index (χ2n) is 6.32. The molecule has 0 saturated carbocycles. The Morgan fingerprint density at radius 1 is 1.57 bits per heavy atom. The van der Waals surface area contributed by atoms with Crippen LogP contribution in [0.2, 0.25) is 0 Å². The van der Waals surface area contributed by atoms with Crippen LogP contribution in [0.3, 0.4) is 0 Å². The van der Waals surface area contributed by atoms with E-state index in [4.69, 9.17) is 9.47 Å². The summed E-state index contributed by atoms with van der Waals surface area (Å²) in [7, 11) is 1.51. The molecule has 23 heavy (non-hydrogen) atoms. The number of alkyl halides is 1. The smallest absolute Gasteiger partial charge is 0.279 e. The van der Waals surface area contributed by atoms with E-state index in [1.54, 1.807) is 11.5 Å². The summed E-state index contributed by atoms with van der Waals surface area (Å²) in [6.07, 6.45) is 0.109. The van der Waals surface area contributed by atoms with Crippen molar-refractivity contribution < 1.29 is 14.6 Å². The Hall–Kier alpha value is -1.04. The summed E-state index contributed by atoms with van der Waals surface area (Å²) < 4.78 is 13.7. The summed E-state index contributed by atoms with van der Waals surface area (Å²) in [6.45, 7) is 5.49. The Kier molecular flexibility index (Phi) is 4.02. The van der Waals surface area contributed by atoms with Crippen LogP contribution in [-0.2, 0) is 9.47 Å². The fourth-order valence-electron chi connectivity index (χ4n) is 3.05. The minimum atomic E-state index is -1.11. The van der Waals surface area contributed by atoms with E-state index < -0.39 is 23.5 Å². The maximum Gasteiger partial charge on any atom is 0.279 e. The van der Waals surface area contributed by atoms with Gasteiger partial charge in [0.25, 0.3) is 5.56 Å². The number of aromatic amines is 1. The molecule has 0 radical (unpaired) electrons. The molecule has 2 N–H and O–H groups in total. The molecule has 1 fully saturated rings. The number of nitrogens with one attached hydrogen (secondary N) is 1. The molecule has 0 aromatic carbocycles. The van der Waals surface area contributed by atoms with Crippen molar-refractivity contribution in [1.29, 1.82) is 0 Å². The highest BCUT2D eigenvalue weighted by Gasteiger charge is 2.60. The van der Waals surface area contributed by atoms with Gasteiger partial charge in [-0.1, -0.05) is 36.4 Å². The van der Waals surface area contributed by atoms with E-state index in [1.807, 2.05) is 13.8 Å². The minimum absolute atomic E-state index is 0.244. The maximum absolute atomic E-state index is 12.0. The van der Waals surface area contributed by atoms with Crippen LogP contribution in [0.5, 0.6) is 0 Å². The van der Waals surface area contributed by atoms with Gasteiger partial charge in [-0.15, -0.1) is 0 Å². The first kappa shape index (κ1) is 16.8. The first-order chi connectivity index (χ1) is 10.8. The van der Waals surface area contributed by atoms with Crippen LogP contribution >= 0.6 is 22.6 Å². The average molecular weight is 434 g/mol. The number of aryl methyl sites for hydroxylation is 1. The highest BCUT2D eigenvalue weighted by Crippen LogP contribution is 2.51. The Morgan fingerprint density at radius 3 is 2.83 bits per heavy atom. The van der Waals surface area contributed by atoms with Gasteiger partial charge in [0, 0.05) is 12.5 Å². The minimum Gasteiger partial charge on any atom is -0.387 e. The lowest BCUT2D eigenvalue weighted by molar-refractivity contribution is -0.236. The lowest BCUT2D eigenvalue weighted by Crippen LogP contribution is -2.47. The summed E-state index contributed by atoms with van der Waals surface area (Å²) in [5.74, 6) is -0.617. The molecule has 2 aromatic rings. The number of aromatic nitrogens is 4. The average Bonchev–Trinajstić information content (AvgIpc) is 2.99. The molecule has 1 unspecified atom stereocenters. The third-order valence-electron chi connectivity index (χ3n) is 4.40. The molecule has 126 valence electrons. The van der Waals surface area contributed by atoms with Crippen molar-refractivity contribution in [2.75, 3.05) is 11.5 Å².